The number of nitrogens with one attached hydrogen (secondary N) is 1. The van der Waals surface area contributed by atoms with E-state index in [2.05, 4.69) is 18.6 Å². The van der Waals surface area contributed by atoms with Crippen molar-refractivity contribution < 1.29 is 13.2 Å². The third kappa shape index (κ3) is 5.05. The summed E-state index contributed by atoms with van der Waals surface area (Å²) in [7, 11) is -3.60. The maximum Gasteiger partial charge on any atom is 0.241 e. The van der Waals surface area contributed by atoms with Gasteiger partial charge in [-0.15, -0.1) is 0 Å². The second kappa shape index (κ2) is 8.12. The molecular formula is C18H28N2O3S. The maximum absolute atomic E-state index is 12.6. The van der Waals surface area contributed by atoms with Gasteiger partial charge in [-0.3, -0.25) is 0 Å². The Kier molecular flexibility index (Phi) is 6.40. The lowest BCUT2D eigenvalue weighted by atomic mass is 9.91. The third-order valence-electron chi connectivity index (χ3n) is 4.45. The maximum atomic E-state index is 12.6. The summed E-state index contributed by atoms with van der Waals surface area (Å²) >= 11 is 0. The highest BCUT2D eigenvalue weighted by atomic mass is 32.2. The number of benzene rings is 1. The van der Waals surface area contributed by atoms with E-state index in [-0.39, 0.29) is 17.0 Å². The second-order valence-electron chi connectivity index (χ2n) is 7.06. The van der Waals surface area contributed by atoms with Gasteiger partial charge in [0.05, 0.1) is 10.9 Å². The van der Waals surface area contributed by atoms with E-state index < -0.39 is 10.0 Å². The Hall–Kier alpha value is -1.40. The van der Waals surface area contributed by atoms with Crippen molar-refractivity contribution >= 4 is 16.2 Å². The molecule has 1 aliphatic carbocycles. The van der Waals surface area contributed by atoms with Crippen molar-refractivity contribution in [3.63, 3.8) is 0 Å². The van der Waals surface area contributed by atoms with Crippen LogP contribution in [0.15, 0.2) is 29.2 Å². The normalized spacial score (nSPS) is 22.8. The largest absolute Gasteiger partial charge is 0.624 e. The van der Waals surface area contributed by atoms with Gasteiger partial charge in [-0.05, 0) is 37.8 Å². The van der Waals surface area contributed by atoms with Crippen molar-refractivity contribution in [1.29, 1.82) is 0 Å². The van der Waals surface area contributed by atoms with Gasteiger partial charge in [-0.2, -0.15) is 0 Å². The summed E-state index contributed by atoms with van der Waals surface area (Å²) in [5.74, 6) is 0.410. The molecular weight excluding hydrogens is 324 g/mol. The third-order valence-corrected chi connectivity index (χ3v) is 5.96. The average molecular weight is 353 g/mol. The van der Waals surface area contributed by atoms with Crippen LogP contribution in [0.3, 0.4) is 0 Å². The molecule has 0 radical (unpaired) electrons. The fourth-order valence-corrected chi connectivity index (χ4v) is 4.29. The highest BCUT2D eigenvalue weighted by Crippen LogP contribution is 2.23. The van der Waals surface area contributed by atoms with Crippen LogP contribution in [0, 0.1) is 18.0 Å². The topological polar surface area (TPSA) is 72.2 Å². The smallest absolute Gasteiger partial charge is 0.241 e. The van der Waals surface area contributed by atoms with Crippen molar-refractivity contribution in [1.82, 2.24) is 4.72 Å². The first-order chi connectivity index (χ1) is 11.3. The minimum Gasteiger partial charge on any atom is -0.624 e. The van der Waals surface area contributed by atoms with Gasteiger partial charge in [0.2, 0.25) is 10.0 Å². The van der Waals surface area contributed by atoms with Gasteiger partial charge in [0.1, 0.15) is 0 Å². The summed E-state index contributed by atoms with van der Waals surface area (Å²) < 4.78 is 28.9. The molecule has 1 saturated carbocycles. The van der Waals surface area contributed by atoms with Gasteiger partial charge in [-0.1, -0.05) is 38.0 Å². The van der Waals surface area contributed by atoms with Gasteiger partial charge in [0, 0.05) is 12.8 Å². The first-order valence-corrected chi connectivity index (χ1v) is 10.2. The number of rotatable bonds is 6. The molecule has 0 bridgehead atoms. The zero-order chi connectivity index (χ0) is 17.7. The fraction of sp³-hybridized carbons (Fsp3) is 0.611. The monoisotopic (exact) mass is 352 g/mol. The molecule has 24 heavy (non-hydrogen) atoms. The molecule has 1 aromatic rings. The molecule has 0 aliphatic heterocycles. The van der Waals surface area contributed by atoms with E-state index >= 15 is 0 Å². The zero-order valence-corrected chi connectivity index (χ0v) is 15.6. The van der Waals surface area contributed by atoms with Crippen LogP contribution in [-0.2, 0) is 10.0 Å². The predicted octanol–water partition coefficient (Wildman–Crippen LogP) is 3.21. The zero-order valence-electron chi connectivity index (χ0n) is 14.7. The van der Waals surface area contributed by atoms with Crippen LogP contribution < -0.4 is 4.72 Å². The van der Waals surface area contributed by atoms with E-state index in [1.807, 2.05) is 6.92 Å². The number of hydrogen-bond donors (Lipinski definition) is 1. The van der Waals surface area contributed by atoms with Gasteiger partial charge < -0.3 is 5.21 Å². The first kappa shape index (κ1) is 18.9. The van der Waals surface area contributed by atoms with Crippen LogP contribution >= 0.6 is 0 Å². The van der Waals surface area contributed by atoms with Crippen molar-refractivity contribution in [3.05, 3.63) is 35.0 Å². The lowest BCUT2D eigenvalue weighted by molar-refractivity contribution is -0.505. The summed E-state index contributed by atoms with van der Waals surface area (Å²) in [5.41, 5.74) is 1.01. The van der Waals surface area contributed by atoms with Crippen molar-refractivity contribution in [2.45, 2.75) is 69.9 Å². The molecule has 0 unspecified atom stereocenters. The molecule has 5 nitrogen and oxygen atoms in total. The molecule has 1 N–H and O–H groups in total. The lowest BCUT2D eigenvalue weighted by Crippen LogP contribution is -2.49. The number of nitrogens with zero attached hydrogens (tertiary/aromatic N) is 1. The molecule has 2 rings (SSSR count). The number of sulfonamides is 1. The second-order valence-corrected chi connectivity index (χ2v) is 8.78. The van der Waals surface area contributed by atoms with Gasteiger partial charge in [0.15, 0.2) is 12.3 Å². The molecule has 0 aromatic heterocycles. The highest BCUT2D eigenvalue weighted by molar-refractivity contribution is 7.89. The molecule has 1 aromatic carbocycles. The molecule has 0 amide bonds. The summed E-state index contributed by atoms with van der Waals surface area (Å²) in [5, 5.41) is 12.4. The van der Waals surface area contributed by atoms with E-state index in [9.17, 15) is 13.6 Å². The van der Waals surface area contributed by atoms with Gasteiger partial charge in [-0.25, -0.2) is 17.9 Å². The molecule has 2 atom stereocenters. The SMILES string of the molecule is Cc1ccc(S(=O)(=O)N[C@@H]2CCCC[C@H]2/[N+]([O-])=C/CC(C)C)cc1. The molecule has 0 spiro atoms. The summed E-state index contributed by atoms with van der Waals surface area (Å²) in [6.45, 7) is 6.03. The Bertz CT molecular complexity index is 666. The predicted molar refractivity (Wildman–Crippen MR) is 96.7 cm³/mol. The Morgan fingerprint density at radius 2 is 1.88 bits per heavy atom. The van der Waals surface area contributed by atoms with Crippen molar-refractivity contribution in [2.75, 3.05) is 0 Å². The quantitative estimate of drug-likeness (QED) is 0.370. The van der Waals surface area contributed by atoms with Crippen LogP contribution in [-0.4, -0.2) is 31.5 Å². The van der Waals surface area contributed by atoms with Crippen LogP contribution in [0.4, 0.5) is 0 Å². The molecule has 134 valence electrons. The van der Waals surface area contributed by atoms with Crippen LogP contribution in [0.1, 0.15) is 51.5 Å². The van der Waals surface area contributed by atoms with E-state index in [1.165, 1.54) is 0 Å². The number of hydrogen-bond acceptors (Lipinski definition) is 3. The first-order valence-electron chi connectivity index (χ1n) is 8.67. The minimum absolute atomic E-state index is 0.251. The Morgan fingerprint density at radius 3 is 2.50 bits per heavy atom. The van der Waals surface area contributed by atoms with E-state index in [4.69, 9.17) is 0 Å². The Balaban J connectivity index is 2.15. The van der Waals surface area contributed by atoms with Crippen LogP contribution in [0.25, 0.3) is 0 Å². The van der Waals surface area contributed by atoms with Gasteiger partial charge in [0.25, 0.3) is 0 Å². The standard InChI is InChI=1S/C18H28N2O3S/c1-14(2)12-13-20(21)18-7-5-4-6-17(18)19-24(22,23)16-10-8-15(3)9-11-16/h8-11,13-14,17-19H,4-7,12H2,1-3H3/b20-13-/t17-,18-/m1/s1. The van der Waals surface area contributed by atoms with Crippen LogP contribution in [0.2, 0.25) is 0 Å². The molecule has 6 heteroatoms. The van der Waals surface area contributed by atoms with Gasteiger partial charge >= 0.3 is 0 Å². The lowest BCUT2D eigenvalue weighted by Gasteiger charge is -2.30. The molecule has 0 heterocycles. The highest BCUT2D eigenvalue weighted by Gasteiger charge is 2.34. The van der Waals surface area contributed by atoms with Crippen molar-refractivity contribution in [3.8, 4) is 0 Å². The Labute approximate surface area is 145 Å². The van der Waals surface area contributed by atoms with Crippen molar-refractivity contribution in [2.24, 2.45) is 5.92 Å². The number of hydroxylamine groups is 1. The summed E-state index contributed by atoms with van der Waals surface area (Å²) in [4.78, 5) is 0.251. The molecule has 1 aliphatic rings. The summed E-state index contributed by atoms with van der Waals surface area (Å²) in [6, 6.07) is 6.11. The average Bonchev–Trinajstić information content (AvgIpc) is 2.53. The molecule has 1 fully saturated rings. The molecule has 0 saturated heterocycles. The Morgan fingerprint density at radius 1 is 1.25 bits per heavy atom. The minimum atomic E-state index is -3.60. The number of aryl methyl sites for hydroxylation is 1. The van der Waals surface area contributed by atoms with E-state index in [0.717, 1.165) is 29.6 Å². The summed E-state index contributed by atoms with van der Waals surface area (Å²) in [6.07, 6.45) is 5.69. The fourth-order valence-electron chi connectivity index (χ4n) is 2.99. The van der Waals surface area contributed by atoms with E-state index in [1.54, 1.807) is 30.5 Å². The van der Waals surface area contributed by atoms with E-state index in [0.29, 0.717) is 18.8 Å². The van der Waals surface area contributed by atoms with Crippen LogP contribution in [0.5, 0.6) is 0 Å².